The number of likely N-dealkylation sites (tertiary alicyclic amines) is 1. The fraction of sp³-hybridized carbons (Fsp3) is 0.389. The first-order chi connectivity index (χ1) is 12.7. The highest BCUT2D eigenvalue weighted by atomic mass is 16.5. The number of H-pyrrole nitrogens is 1. The van der Waals surface area contributed by atoms with Gasteiger partial charge in [0, 0.05) is 19.2 Å². The Kier molecular flexibility index (Phi) is 4.57. The van der Waals surface area contributed by atoms with Crippen molar-refractivity contribution in [3.63, 3.8) is 0 Å². The Labute approximate surface area is 150 Å². The standard InChI is InChI=1S/C18H22N6O2/c1-26-15-6-4-13(5-7-15)11-19-17-21-18-20-14(10-16(25)24(18)22-17)12-23-8-2-3-9-23/h4-7,10H,2-3,8-9,11-12H2,1H3,(H2,19,20,21,22). The number of nitrogens with one attached hydrogen (secondary N) is 2. The van der Waals surface area contributed by atoms with Crippen molar-refractivity contribution in [2.24, 2.45) is 0 Å². The van der Waals surface area contributed by atoms with E-state index in [4.69, 9.17) is 4.74 Å². The van der Waals surface area contributed by atoms with Crippen LogP contribution in [0, 0.1) is 0 Å². The Balaban J connectivity index is 1.49. The normalized spacial score (nSPS) is 14.8. The molecule has 26 heavy (non-hydrogen) atoms. The molecule has 1 aliphatic heterocycles. The highest BCUT2D eigenvalue weighted by Crippen LogP contribution is 2.13. The predicted octanol–water partition coefficient (Wildman–Crippen LogP) is 1.63. The first-order valence-corrected chi connectivity index (χ1v) is 8.79. The second-order valence-electron chi connectivity index (χ2n) is 6.48. The Morgan fingerprint density at radius 3 is 2.69 bits per heavy atom. The molecule has 3 heterocycles. The van der Waals surface area contributed by atoms with E-state index >= 15 is 0 Å². The Bertz CT molecular complexity index is 940. The van der Waals surface area contributed by atoms with Crippen LogP contribution in [0.1, 0.15) is 24.1 Å². The van der Waals surface area contributed by atoms with E-state index in [2.05, 4.69) is 25.3 Å². The maximum absolute atomic E-state index is 12.3. The lowest BCUT2D eigenvalue weighted by molar-refractivity contribution is 0.327. The molecule has 0 radical (unpaired) electrons. The zero-order valence-corrected chi connectivity index (χ0v) is 14.7. The molecule has 0 amide bonds. The number of rotatable bonds is 6. The maximum atomic E-state index is 12.3. The van der Waals surface area contributed by atoms with Crippen LogP contribution in [-0.2, 0) is 13.1 Å². The van der Waals surface area contributed by atoms with Gasteiger partial charge in [-0.25, -0.2) is 4.98 Å². The number of anilines is 1. The second kappa shape index (κ2) is 7.17. The van der Waals surface area contributed by atoms with Crippen LogP contribution in [0.5, 0.6) is 5.75 Å². The van der Waals surface area contributed by atoms with Crippen LogP contribution < -0.4 is 15.6 Å². The van der Waals surface area contributed by atoms with E-state index in [1.807, 2.05) is 24.3 Å². The lowest BCUT2D eigenvalue weighted by Gasteiger charge is -2.12. The van der Waals surface area contributed by atoms with Gasteiger partial charge in [-0.2, -0.15) is 9.50 Å². The van der Waals surface area contributed by atoms with Gasteiger partial charge in [-0.1, -0.05) is 12.1 Å². The quantitative estimate of drug-likeness (QED) is 0.700. The molecular weight excluding hydrogens is 332 g/mol. The first-order valence-electron chi connectivity index (χ1n) is 8.79. The van der Waals surface area contributed by atoms with E-state index in [1.165, 1.54) is 17.4 Å². The average Bonchev–Trinajstić information content (AvgIpc) is 3.30. The van der Waals surface area contributed by atoms with Crippen LogP contribution in [0.2, 0.25) is 0 Å². The number of ether oxygens (including phenoxy) is 1. The van der Waals surface area contributed by atoms with Crippen molar-refractivity contribution >= 4 is 11.7 Å². The molecule has 1 fully saturated rings. The molecule has 2 N–H and O–H groups in total. The molecule has 0 unspecified atom stereocenters. The molecule has 0 aliphatic carbocycles. The number of hydrogen-bond donors (Lipinski definition) is 2. The fourth-order valence-electron chi connectivity index (χ4n) is 3.19. The third-order valence-corrected chi connectivity index (χ3v) is 4.59. The van der Waals surface area contributed by atoms with Gasteiger partial charge in [-0.15, -0.1) is 0 Å². The van der Waals surface area contributed by atoms with Gasteiger partial charge >= 0.3 is 0 Å². The van der Waals surface area contributed by atoms with Crippen molar-refractivity contribution in [3.05, 3.63) is 51.9 Å². The van der Waals surface area contributed by atoms with Crippen LogP contribution in [0.15, 0.2) is 35.1 Å². The van der Waals surface area contributed by atoms with Crippen molar-refractivity contribution < 1.29 is 4.74 Å². The lowest BCUT2D eigenvalue weighted by atomic mass is 10.2. The van der Waals surface area contributed by atoms with Crippen molar-refractivity contribution in [1.29, 1.82) is 0 Å². The molecular formula is C18H22N6O2. The molecule has 0 atom stereocenters. The van der Waals surface area contributed by atoms with E-state index in [0.717, 1.165) is 30.1 Å². The predicted molar refractivity (Wildman–Crippen MR) is 98.4 cm³/mol. The van der Waals surface area contributed by atoms with Crippen molar-refractivity contribution in [3.8, 4) is 5.75 Å². The minimum Gasteiger partial charge on any atom is -0.497 e. The summed E-state index contributed by atoms with van der Waals surface area (Å²) in [5.74, 6) is 1.73. The summed E-state index contributed by atoms with van der Waals surface area (Å²) in [5.41, 5.74) is 1.71. The first kappa shape index (κ1) is 16.6. The summed E-state index contributed by atoms with van der Waals surface area (Å²) in [5, 5.41) is 6.15. The number of fused-ring (bicyclic) bond motifs is 1. The molecule has 8 nitrogen and oxygen atoms in total. The molecule has 4 rings (SSSR count). The highest BCUT2D eigenvalue weighted by Gasteiger charge is 2.14. The van der Waals surface area contributed by atoms with Crippen LogP contribution in [-0.4, -0.2) is 44.7 Å². The number of methoxy groups -OCH3 is 1. The van der Waals surface area contributed by atoms with E-state index < -0.39 is 0 Å². The third-order valence-electron chi connectivity index (χ3n) is 4.59. The smallest absolute Gasteiger partial charge is 0.274 e. The summed E-state index contributed by atoms with van der Waals surface area (Å²) in [4.78, 5) is 23.6. The van der Waals surface area contributed by atoms with Crippen LogP contribution in [0.25, 0.3) is 5.78 Å². The van der Waals surface area contributed by atoms with Crippen LogP contribution >= 0.6 is 0 Å². The zero-order chi connectivity index (χ0) is 17.9. The number of nitrogens with zero attached hydrogens (tertiary/aromatic N) is 4. The molecule has 0 bridgehead atoms. The Hall–Kier alpha value is -2.87. The third kappa shape index (κ3) is 3.55. The van der Waals surface area contributed by atoms with Crippen molar-refractivity contribution in [2.45, 2.75) is 25.9 Å². The summed E-state index contributed by atoms with van der Waals surface area (Å²) in [7, 11) is 1.64. The topological polar surface area (TPSA) is 87.5 Å². The summed E-state index contributed by atoms with van der Waals surface area (Å²) in [6, 6.07) is 9.36. The summed E-state index contributed by atoms with van der Waals surface area (Å²) in [6.45, 7) is 3.42. The van der Waals surface area contributed by atoms with Crippen LogP contribution in [0.4, 0.5) is 5.95 Å². The average molecular weight is 354 g/mol. The lowest BCUT2D eigenvalue weighted by Crippen LogP contribution is -2.22. The molecule has 0 saturated carbocycles. The minimum absolute atomic E-state index is 0.144. The summed E-state index contributed by atoms with van der Waals surface area (Å²) in [6.07, 6.45) is 2.42. The van der Waals surface area contributed by atoms with Crippen molar-refractivity contribution in [1.82, 2.24) is 24.5 Å². The fourth-order valence-corrected chi connectivity index (χ4v) is 3.19. The monoisotopic (exact) mass is 354 g/mol. The summed E-state index contributed by atoms with van der Waals surface area (Å²) < 4.78 is 6.52. The molecule has 1 aliphatic rings. The van der Waals surface area contributed by atoms with Gasteiger partial charge in [0.1, 0.15) is 5.75 Å². The highest BCUT2D eigenvalue weighted by molar-refractivity contribution is 5.38. The Morgan fingerprint density at radius 2 is 1.96 bits per heavy atom. The van der Waals surface area contributed by atoms with E-state index in [-0.39, 0.29) is 5.56 Å². The van der Waals surface area contributed by atoms with E-state index in [0.29, 0.717) is 24.8 Å². The Morgan fingerprint density at radius 1 is 1.19 bits per heavy atom. The molecule has 8 heteroatoms. The molecule has 1 saturated heterocycles. The van der Waals surface area contributed by atoms with Crippen molar-refractivity contribution in [2.75, 3.05) is 25.5 Å². The maximum Gasteiger partial charge on any atom is 0.274 e. The molecule has 2 aromatic heterocycles. The van der Waals surface area contributed by atoms with Gasteiger partial charge in [0.2, 0.25) is 5.95 Å². The zero-order valence-electron chi connectivity index (χ0n) is 14.7. The van der Waals surface area contributed by atoms with Gasteiger partial charge in [-0.05, 0) is 43.6 Å². The number of aromatic nitrogens is 4. The number of aromatic amines is 1. The number of benzene rings is 1. The molecule has 1 aromatic carbocycles. The molecule has 3 aromatic rings. The van der Waals surface area contributed by atoms with Gasteiger partial charge < -0.3 is 10.1 Å². The van der Waals surface area contributed by atoms with Gasteiger partial charge in [0.05, 0.1) is 12.8 Å². The van der Waals surface area contributed by atoms with Crippen LogP contribution in [0.3, 0.4) is 0 Å². The SMILES string of the molecule is COc1ccc(CNc2nc3nc(CN4CCCC4)cc(=O)n3[nH]2)cc1. The second-order valence-corrected chi connectivity index (χ2v) is 6.48. The number of hydrogen-bond acceptors (Lipinski definition) is 6. The summed E-state index contributed by atoms with van der Waals surface area (Å²) >= 11 is 0. The van der Waals surface area contributed by atoms with Gasteiger partial charge in [0.15, 0.2) is 0 Å². The minimum atomic E-state index is -0.144. The largest absolute Gasteiger partial charge is 0.497 e. The van der Waals surface area contributed by atoms with E-state index in [9.17, 15) is 4.79 Å². The van der Waals surface area contributed by atoms with Gasteiger partial charge in [-0.3, -0.25) is 14.8 Å². The van der Waals surface area contributed by atoms with Gasteiger partial charge in [0.25, 0.3) is 11.3 Å². The molecule has 136 valence electrons. The molecule has 0 spiro atoms. The van der Waals surface area contributed by atoms with E-state index in [1.54, 1.807) is 13.2 Å².